The van der Waals surface area contributed by atoms with Crippen molar-refractivity contribution < 1.29 is 4.79 Å². The number of pyridine rings is 1. The van der Waals surface area contributed by atoms with Gasteiger partial charge >= 0.3 is 0 Å². The van der Waals surface area contributed by atoms with Gasteiger partial charge in [-0.2, -0.15) is 0 Å². The van der Waals surface area contributed by atoms with Gasteiger partial charge in [0.2, 0.25) is 0 Å². The first-order valence-electron chi connectivity index (χ1n) is 8.25. The van der Waals surface area contributed by atoms with E-state index in [1.54, 1.807) is 6.07 Å². The molecular formula is C17H28N4O. The van der Waals surface area contributed by atoms with E-state index in [0.29, 0.717) is 18.2 Å². The van der Waals surface area contributed by atoms with Gasteiger partial charge in [-0.3, -0.25) is 4.79 Å². The molecule has 0 bridgehead atoms. The minimum atomic E-state index is -0.0746. The van der Waals surface area contributed by atoms with Crippen molar-refractivity contribution in [3.63, 3.8) is 0 Å². The van der Waals surface area contributed by atoms with Crippen LogP contribution in [0.15, 0.2) is 18.2 Å². The SMILES string of the molecule is CC(C)CCNC(=O)c1cccc(N2CCCN(C)CC2)n1. The Kier molecular flexibility index (Phi) is 6.19. The third-order valence-electron chi connectivity index (χ3n) is 4.02. The first-order chi connectivity index (χ1) is 10.6. The number of carbonyl (C=O) groups is 1. The number of hydrogen-bond donors (Lipinski definition) is 1. The summed E-state index contributed by atoms with van der Waals surface area (Å²) in [5.74, 6) is 1.43. The molecule has 5 nitrogen and oxygen atoms in total. The van der Waals surface area contributed by atoms with Gasteiger partial charge in [-0.25, -0.2) is 4.98 Å². The van der Waals surface area contributed by atoms with Crippen LogP contribution in [0, 0.1) is 5.92 Å². The van der Waals surface area contributed by atoms with Gasteiger partial charge in [0, 0.05) is 26.2 Å². The molecule has 22 heavy (non-hydrogen) atoms. The van der Waals surface area contributed by atoms with Crippen molar-refractivity contribution in [3.8, 4) is 0 Å². The van der Waals surface area contributed by atoms with Crippen LogP contribution >= 0.6 is 0 Å². The van der Waals surface area contributed by atoms with Gasteiger partial charge in [0.1, 0.15) is 11.5 Å². The van der Waals surface area contributed by atoms with Crippen LogP contribution < -0.4 is 10.2 Å². The third-order valence-corrected chi connectivity index (χ3v) is 4.02. The minimum absolute atomic E-state index is 0.0746. The molecule has 0 aliphatic carbocycles. The van der Waals surface area contributed by atoms with Crippen LogP contribution in [0.4, 0.5) is 5.82 Å². The molecule has 5 heteroatoms. The van der Waals surface area contributed by atoms with Crippen molar-refractivity contribution in [2.24, 2.45) is 5.92 Å². The lowest BCUT2D eigenvalue weighted by Crippen LogP contribution is -2.30. The Hall–Kier alpha value is -1.62. The van der Waals surface area contributed by atoms with Crippen molar-refractivity contribution in [2.75, 3.05) is 44.7 Å². The van der Waals surface area contributed by atoms with Crippen LogP contribution in [0.1, 0.15) is 37.2 Å². The molecule has 1 fully saturated rings. The van der Waals surface area contributed by atoms with E-state index >= 15 is 0 Å². The Morgan fingerprint density at radius 1 is 1.27 bits per heavy atom. The van der Waals surface area contributed by atoms with Crippen molar-refractivity contribution in [3.05, 3.63) is 23.9 Å². The van der Waals surface area contributed by atoms with E-state index < -0.39 is 0 Å². The summed E-state index contributed by atoms with van der Waals surface area (Å²) in [4.78, 5) is 21.3. The standard InChI is InChI=1S/C17H28N4O/c1-14(2)8-9-18-17(22)15-6-4-7-16(19-15)21-11-5-10-20(3)12-13-21/h4,6-7,14H,5,8-13H2,1-3H3,(H,18,22). The molecule has 1 amide bonds. The van der Waals surface area contributed by atoms with Gasteiger partial charge < -0.3 is 15.1 Å². The van der Waals surface area contributed by atoms with Crippen LogP contribution in [0.3, 0.4) is 0 Å². The summed E-state index contributed by atoms with van der Waals surface area (Å²) in [5, 5.41) is 2.95. The summed E-state index contributed by atoms with van der Waals surface area (Å²) in [6, 6.07) is 5.71. The Labute approximate surface area is 133 Å². The highest BCUT2D eigenvalue weighted by molar-refractivity contribution is 5.92. The van der Waals surface area contributed by atoms with Crippen molar-refractivity contribution in [2.45, 2.75) is 26.7 Å². The van der Waals surface area contributed by atoms with E-state index in [-0.39, 0.29) is 5.91 Å². The molecule has 2 heterocycles. The number of carbonyl (C=O) groups excluding carboxylic acids is 1. The van der Waals surface area contributed by atoms with Crippen LogP contribution in [-0.2, 0) is 0 Å². The summed E-state index contributed by atoms with van der Waals surface area (Å²) in [7, 11) is 2.15. The maximum absolute atomic E-state index is 12.2. The quantitative estimate of drug-likeness (QED) is 0.904. The molecule has 1 N–H and O–H groups in total. The first-order valence-corrected chi connectivity index (χ1v) is 8.25. The predicted molar refractivity (Wildman–Crippen MR) is 90.4 cm³/mol. The summed E-state index contributed by atoms with van der Waals surface area (Å²) >= 11 is 0. The summed E-state index contributed by atoms with van der Waals surface area (Å²) < 4.78 is 0. The topological polar surface area (TPSA) is 48.5 Å². The monoisotopic (exact) mass is 304 g/mol. The molecule has 1 aromatic heterocycles. The van der Waals surface area contributed by atoms with Crippen LogP contribution in [0.25, 0.3) is 0 Å². The second-order valence-electron chi connectivity index (χ2n) is 6.46. The zero-order valence-corrected chi connectivity index (χ0v) is 14.0. The Balaban J connectivity index is 1.98. The summed E-state index contributed by atoms with van der Waals surface area (Å²) in [5.41, 5.74) is 0.513. The zero-order chi connectivity index (χ0) is 15.9. The molecule has 1 aliphatic heterocycles. The molecule has 0 radical (unpaired) electrons. The van der Waals surface area contributed by atoms with Crippen LogP contribution in [0.5, 0.6) is 0 Å². The lowest BCUT2D eigenvalue weighted by atomic mass is 10.1. The number of likely N-dealkylation sites (N-methyl/N-ethyl adjacent to an activating group) is 1. The van der Waals surface area contributed by atoms with E-state index in [0.717, 1.165) is 44.8 Å². The van der Waals surface area contributed by atoms with Crippen LogP contribution in [-0.4, -0.2) is 55.6 Å². The van der Waals surface area contributed by atoms with Gasteiger partial charge in [-0.15, -0.1) is 0 Å². The maximum Gasteiger partial charge on any atom is 0.269 e. The number of rotatable bonds is 5. The molecule has 0 aromatic carbocycles. The molecule has 0 spiro atoms. The second-order valence-corrected chi connectivity index (χ2v) is 6.46. The molecule has 0 unspecified atom stereocenters. The average molecular weight is 304 g/mol. The van der Waals surface area contributed by atoms with Gasteiger partial charge in [0.05, 0.1) is 0 Å². The molecule has 0 atom stereocenters. The van der Waals surface area contributed by atoms with E-state index in [1.807, 2.05) is 12.1 Å². The molecule has 1 aliphatic rings. The van der Waals surface area contributed by atoms with E-state index in [2.05, 4.69) is 41.0 Å². The highest BCUT2D eigenvalue weighted by Crippen LogP contribution is 2.14. The van der Waals surface area contributed by atoms with E-state index in [9.17, 15) is 4.79 Å². The average Bonchev–Trinajstić information content (AvgIpc) is 2.71. The largest absolute Gasteiger partial charge is 0.355 e. The van der Waals surface area contributed by atoms with Crippen molar-refractivity contribution >= 4 is 11.7 Å². The maximum atomic E-state index is 12.2. The fourth-order valence-corrected chi connectivity index (χ4v) is 2.57. The molecule has 1 saturated heterocycles. The molecule has 122 valence electrons. The molecular weight excluding hydrogens is 276 g/mol. The van der Waals surface area contributed by atoms with E-state index in [1.165, 1.54) is 0 Å². The molecule has 0 saturated carbocycles. The smallest absolute Gasteiger partial charge is 0.269 e. The number of anilines is 1. The highest BCUT2D eigenvalue weighted by atomic mass is 16.1. The predicted octanol–water partition coefficient (Wildman–Crippen LogP) is 2.00. The fraction of sp³-hybridized carbons (Fsp3) is 0.647. The van der Waals surface area contributed by atoms with Crippen LogP contribution in [0.2, 0.25) is 0 Å². The second kappa shape index (κ2) is 8.13. The van der Waals surface area contributed by atoms with E-state index in [4.69, 9.17) is 0 Å². The normalized spacial score (nSPS) is 16.6. The van der Waals surface area contributed by atoms with Gasteiger partial charge in [-0.05, 0) is 44.5 Å². The van der Waals surface area contributed by atoms with Crippen molar-refractivity contribution in [1.82, 2.24) is 15.2 Å². The molecule has 2 rings (SSSR count). The third kappa shape index (κ3) is 4.98. The van der Waals surface area contributed by atoms with Crippen molar-refractivity contribution in [1.29, 1.82) is 0 Å². The fourth-order valence-electron chi connectivity index (χ4n) is 2.57. The number of nitrogens with one attached hydrogen (secondary N) is 1. The van der Waals surface area contributed by atoms with Gasteiger partial charge in [0.25, 0.3) is 5.91 Å². The number of hydrogen-bond acceptors (Lipinski definition) is 4. The Morgan fingerprint density at radius 2 is 2.09 bits per heavy atom. The minimum Gasteiger partial charge on any atom is -0.355 e. The number of aromatic nitrogens is 1. The molecule has 1 aromatic rings. The highest BCUT2D eigenvalue weighted by Gasteiger charge is 2.15. The lowest BCUT2D eigenvalue weighted by molar-refractivity contribution is 0.0947. The summed E-state index contributed by atoms with van der Waals surface area (Å²) in [6.45, 7) is 9.12. The van der Waals surface area contributed by atoms with Gasteiger partial charge in [-0.1, -0.05) is 19.9 Å². The lowest BCUT2D eigenvalue weighted by Gasteiger charge is -2.22. The number of amides is 1. The number of nitrogens with zero attached hydrogens (tertiary/aromatic N) is 3. The summed E-state index contributed by atoms with van der Waals surface area (Å²) in [6.07, 6.45) is 2.12. The Bertz CT molecular complexity index is 489. The zero-order valence-electron chi connectivity index (χ0n) is 14.0. The van der Waals surface area contributed by atoms with Gasteiger partial charge in [0.15, 0.2) is 0 Å². The Morgan fingerprint density at radius 3 is 2.86 bits per heavy atom. The first kappa shape index (κ1) is 16.7.